The highest BCUT2D eigenvalue weighted by Gasteiger charge is 2.37. The monoisotopic (exact) mass is 225 g/mol. The number of aromatic nitrogens is 3. The molecule has 1 fully saturated rings. The van der Waals surface area contributed by atoms with Crippen LogP contribution in [0.25, 0.3) is 0 Å². The Morgan fingerprint density at radius 2 is 2.50 bits per heavy atom. The van der Waals surface area contributed by atoms with Crippen LogP contribution in [0.3, 0.4) is 0 Å². The Hall–Kier alpha value is -0.940. The van der Waals surface area contributed by atoms with E-state index in [9.17, 15) is 5.11 Å². The molecule has 1 aromatic heterocycles. The lowest BCUT2D eigenvalue weighted by Crippen LogP contribution is -2.40. The van der Waals surface area contributed by atoms with Crippen molar-refractivity contribution in [2.24, 2.45) is 0 Å². The van der Waals surface area contributed by atoms with Gasteiger partial charge in [0.1, 0.15) is 12.2 Å². The summed E-state index contributed by atoms with van der Waals surface area (Å²) in [6.45, 7) is 5.50. The largest absolute Gasteiger partial charge is 0.390 e. The van der Waals surface area contributed by atoms with E-state index in [1.165, 1.54) is 6.33 Å². The van der Waals surface area contributed by atoms with Crippen molar-refractivity contribution in [1.29, 1.82) is 0 Å². The van der Waals surface area contributed by atoms with E-state index in [0.717, 1.165) is 31.8 Å². The first-order chi connectivity index (χ1) is 7.65. The van der Waals surface area contributed by atoms with E-state index in [0.29, 0.717) is 6.42 Å². The number of hydrogen-bond donors (Lipinski definition) is 1. The predicted octanol–water partition coefficient (Wildman–Crippen LogP) is 0.770. The Kier molecular flexibility index (Phi) is 3.25. The first-order valence-corrected chi connectivity index (χ1v) is 5.84. The molecule has 1 N–H and O–H groups in total. The van der Waals surface area contributed by atoms with Crippen molar-refractivity contribution in [2.45, 2.75) is 51.4 Å². The summed E-state index contributed by atoms with van der Waals surface area (Å²) in [6.07, 6.45) is 3.46. The number of hydrogen-bond acceptors (Lipinski definition) is 4. The molecule has 0 aliphatic carbocycles. The molecule has 5 heteroatoms. The summed E-state index contributed by atoms with van der Waals surface area (Å²) in [5.74, 6) is 0.826. The van der Waals surface area contributed by atoms with Crippen LogP contribution in [-0.2, 0) is 17.7 Å². The van der Waals surface area contributed by atoms with Crippen molar-refractivity contribution in [2.75, 3.05) is 6.61 Å². The van der Waals surface area contributed by atoms with Crippen molar-refractivity contribution in [3.8, 4) is 0 Å². The van der Waals surface area contributed by atoms with Gasteiger partial charge in [-0.25, -0.2) is 4.98 Å². The minimum atomic E-state index is -0.510. The summed E-state index contributed by atoms with van der Waals surface area (Å²) >= 11 is 0. The van der Waals surface area contributed by atoms with Gasteiger partial charge in [0, 0.05) is 19.6 Å². The molecule has 1 saturated heterocycles. The minimum Gasteiger partial charge on any atom is -0.390 e. The minimum absolute atomic E-state index is 0.412. The number of ether oxygens (including phenoxy) is 1. The van der Waals surface area contributed by atoms with Crippen molar-refractivity contribution < 1.29 is 9.84 Å². The maximum Gasteiger partial charge on any atom is 0.138 e. The van der Waals surface area contributed by atoms with E-state index >= 15 is 0 Å². The number of rotatable bonds is 4. The molecule has 0 bridgehead atoms. The molecule has 1 aromatic rings. The van der Waals surface area contributed by atoms with Gasteiger partial charge >= 0.3 is 0 Å². The quantitative estimate of drug-likeness (QED) is 0.822. The van der Waals surface area contributed by atoms with Crippen molar-refractivity contribution in [3.63, 3.8) is 0 Å². The third kappa shape index (κ3) is 2.10. The smallest absolute Gasteiger partial charge is 0.138 e. The fraction of sp³-hybridized carbons (Fsp3) is 0.818. The van der Waals surface area contributed by atoms with Crippen LogP contribution in [-0.4, -0.2) is 38.2 Å². The molecule has 90 valence electrons. The number of nitrogens with zero attached hydrogens (tertiary/aromatic N) is 3. The van der Waals surface area contributed by atoms with Crippen LogP contribution in [0.15, 0.2) is 6.33 Å². The lowest BCUT2D eigenvalue weighted by molar-refractivity contribution is -0.0777. The van der Waals surface area contributed by atoms with Crippen LogP contribution >= 0.6 is 0 Å². The summed E-state index contributed by atoms with van der Waals surface area (Å²) in [7, 11) is 0. The first-order valence-electron chi connectivity index (χ1n) is 5.84. The Labute approximate surface area is 95.4 Å². The highest BCUT2D eigenvalue weighted by Crippen LogP contribution is 2.29. The van der Waals surface area contributed by atoms with Crippen LogP contribution in [0.2, 0.25) is 0 Å². The van der Waals surface area contributed by atoms with Crippen molar-refractivity contribution in [1.82, 2.24) is 14.8 Å². The Balaban J connectivity index is 2.04. The van der Waals surface area contributed by atoms with Crippen LogP contribution in [0, 0.1) is 0 Å². The third-order valence-corrected chi connectivity index (χ3v) is 3.33. The maximum atomic E-state index is 10.2. The number of aliphatic hydroxyl groups is 1. The van der Waals surface area contributed by atoms with Gasteiger partial charge in [0.2, 0.25) is 0 Å². The average molecular weight is 225 g/mol. The molecule has 0 amide bonds. The average Bonchev–Trinajstić information content (AvgIpc) is 2.87. The second-order valence-electron chi connectivity index (χ2n) is 4.48. The van der Waals surface area contributed by atoms with Crippen molar-refractivity contribution in [3.05, 3.63) is 12.2 Å². The molecule has 2 unspecified atom stereocenters. The topological polar surface area (TPSA) is 60.2 Å². The molecule has 2 atom stereocenters. The fourth-order valence-electron chi connectivity index (χ4n) is 2.16. The Bertz CT molecular complexity index is 345. The molecule has 2 heterocycles. The molecule has 0 saturated carbocycles. The Morgan fingerprint density at radius 1 is 1.69 bits per heavy atom. The molecule has 0 spiro atoms. The third-order valence-electron chi connectivity index (χ3n) is 3.33. The van der Waals surface area contributed by atoms with Crippen LogP contribution in [0.4, 0.5) is 0 Å². The van der Waals surface area contributed by atoms with Gasteiger partial charge < -0.3 is 9.84 Å². The van der Waals surface area contributed by atoms with Crippen LogP contribution in [0.5, 0.6) is 0 Å². The molecule has 2 rings (SSSR count). The first kappa shape index (κ1) is 11.5. The fourth-order valence-corrected chi connectivity index (χ4v) is 2.16. The molecular weight excluding hydrogens is 206 g/mol. The summed E-state index contributed by atoms with van der Waals surface area (Å²) < 4.78 is 7.42. The molecule has 0 radical (unpaired) electrons. The van der Waals surface area contributed by atoms with E-state index in [4.69, 9.17) is 4.74 Å². The zero-order valence-electron chi connectivity index (χ0n) is 9.89. The lowest BCUT2D eigenvalue weighted by Gasteiger charge is -2.28. The highest BCUT2D eigenvalue weighted by atomic mass is 16.5. The van der Waals surface area contributed by atoms with Gasteiger partial charge in [0.15, 0.2) is 0 Å². The van der Waals surface area contributed by atoms with Gasteiger partial charge in [-0.2, -0.15) is 5.10 Å². The Morgan fingerprint density at radius 3 is 3.12 bits per heavy atom. The van der Waals surface area contributed by atoms with Crippen LogP contribution < -0.4 is 0 Å². The summed E-state index contributed by atoms with van der Waals surface area (Å²) in [5.41, 5.74) is -0.412. The van der Waals surface area contributed by atoms with E-state index in [2.05, 4.69) is 10.1 Å². The SMILES string of the molecule is CCn1ncnc1CC(O)C1(C)CCCO1. The summed E-state index contributed by atoms with van der Waals surface area (Å²) in [6, 6.07) is 0. The lowest BCUT2D eigenvalue weighted by atomic mass is 9.93. The van der Waals surface area contributed by atoms with Crippen LogP contribution in [0.1, 0.15) is 32.5 Å². The molecule has 5 nitrogen and oxygen atoms in total. The normalized spacial score (nSPS) is 27.2. The second kappa shape index (κ2) is 4.51. The van der Waals surface area contributed by atoms with E-state index < -0.39 is 11.7 Å². The van der Waals surface area contributed by atoms with E-state index in [1.54, 1.807) is 0 Å². The zero-order chi connectivity index (χ0) is 11.6. The zero-order valence-corrected chi connectivity index (χ0v) is 9.89. The van der Waals surface area contributed by atoms with E-state index in [1.807, 2.05) is 18.5 Å². The summed E-state index contributed by atoms with van der Waals surface area (Å²) in [5, 5.41) is 14.3. The second-order valence-corrected chi connectivity index (χ2v) is 4.48. The molecule has 1 aliphatic rings. The van der Waals surface area contributed by atoms with Gasteiger partial charge in [-0.3, -0.25) is 4.68 Å². The predicted molar refractivity (Wildman–Crippen MR) is 59.0 cm³/mol. The van der Waals surface area contributed by atoms with Gasteiger partial charge in [-0.15, -0.1) is 0 Å². The van der Waals surface area contributed by atoms with Crippen molar-refractivity contribution >= 4 is 0 Å². The van der Waals surface area contributed by atoms with Gasteiger partial charge in [0.05, 0.1) is 11.7 Å². The molecule has 16 heavy (non-hydrogen) atoms. The number of aryl methyl sites for hydroxylation is 1. The van der Waals surface area contributed by atoms with E-state index in [-0.39, 0.29) is 0 Å². The summed E-state index contributed by atoms with van der Waals surface area (Å²) in [4.78, 5) is 4.17. The molecule has 1 aliphatic heterocycles. The van der Waals surface area contributed by atoms with Gasteiger partial charge in [-0.1, -0.05) is 0 Å². The highest BCUT2D eigenvalue weighted by molar-refractivity contribution is 4.96. The number of aliphatic hydroxyl groups excluding tert-OH is 1. The van der Waals surface area contributed by atoms with Gasteiger partial charge in [-0.05, 0) is 26.7 Å². The molecule has 0 aromatic carbocycles. The standard InChI is InChI=1S/C11H19N3O2/c1-3-14-10(12-8-13-14)7-9(15)11(2)5-4-6-16-11/h8-9,15H,3-7H2,1-2H3. The van der Waals surface area contributed by atoms with Gasteiger partial charge in [0.25, 0.3) is 0 Å². The molecular formula is C11H19N3O2. The maximum absolute atomic E-state index is 10.2.